The van der Waals surface area contributed by atoms with Gasteiger partial charge >= 0.3 is 0 Å². The number of allylic oxidation sites excluding steroid dienone is 2. The van der Waals surface area contributed by atoms with E-state index in [1.807, 2.05) is 43.0 Å². The van der Waals surface area contributed by atoms with Crippen molar-refractivity contribution in [3.8, 4) is 0 Å². The number of nitrogens with zero attached hydrogens (tertiary/aromatic N) is 1. The van der Waals surface area contributed by atoms with Crippen molar-refractivity contribution >= 4 is 5.78 Å². The van der Waals surface area contributed by atoms with Gasteiger partial charge in [0, 0.05) is 30.9 Å². The molecule has 1 aromatic heterocycles. The summed E-state index contributed by atoms with van der Waals surface area (Å²) in [4.78, 5) is 11.5. The Bertz CT molecular complexity index is 323. The van der Waals surface area contributed by atoms with Crippen molar-refractivity contribution in [2.75, 3.05) is 0 Å². The van der Waals surface area contributed by atoms with Crippen LogP contribution in [0.25, 0.3) is 0 Å². The Morgan fingerprint density at radius 1 is 1.57 bits per heavy atom. The molecule has 0 fully saturated rings. The minimum Gasteiger partial charge on any atom is -0.350 e. The highest BCUT2D eigenvalue weighted by Crippen LogP contribution is 2.06. The maximum atomic E-state index is 11.5. The molecule has 0 bridgehead atoms. The Balaban J connectivity index is 2.62. The van der Waals surface area contributed by atoms with Gasteiger partial charge in [0.15, 0.2) is 5.78 Å². The summed E-state index contributed by atoms with van der Waals surface area (Å²) in [6.07, 6.45) is 9.50. The van der Waals surface area contributed by atoms with Crippen LogP contribution >= 0.6 is 0 Å². The lowest BCUT2D eigenvalue weighted by molar-refractivity contribution is 0.0981. The van der Waals surface area contributed by atoms with Crippen molar-refractivity contribution in [1.29, 1.82) is 0 Å². The number of ketones is 1. The Morgan fingerprint density at radius 2 is 2.36 bits per heavy atom. The lowest BCUT2D eigenvalue weighted by Gasteiger charge is -1.96. The number of aromatic nitrogens is 1. The van der Waals surface area contributed by atoms with E-state index in [2.05, 4.69) is 6.08 Å². The molecular formula is C12H17NO. The van der Waals surface area contributed by atoms with Crippen LogP contribution in [0.1, 0.15) is 37.0 Å². The smallest absolute Gasteiger partial charge is 0.164 e. The molecule has 0 aliphatic heterocycles. The fourth-order valence-electron chi connectivity index (χ4n) is 1.32. The summed E-state index contributed by atoms with van der Waals surface area (Å²) in [5.41, 5.74) is 0.830. The monoisotopic (exact) mass is 191 g/mol. The number of hydrogen-bond donors (Lipinski definition) is 0. The molecule has 2 nitrogen and oxygen atoms in total. The van der Waals surface area contributed by atoms with Gasteiger partial charge in [-0.15, -0.1) is 0 Å². The van der Waals surface area contributed by atoms with E-state index in [4.69, 9.17) is 0 Å². The van der Waals surface area contributed by atoms with Gasteiger partial charge < -0.3 is 4.57 Å². The van der Waals surface area contributed by atoms with Crippen molar-refractivity contribution in [2.45, 2.75) is 33.2 Å². The molecule has 0 amide bonds. The molecular weight excluding hydrogens is 174 g/mol. The molecule has 0 unspecified atom stereocenters. The first-order valence-corrected chi connectivity index (χ1v) is 5.08. The maximum Gasteiger partial charge on any atom is 0.164 e. The molecule has 14 heavy (non-hydrogen) atoms. The van der Waals surface area contributed by atoms with Gasteiger partial charge in [-0.05, 0) is 19.4 Å². The molecule has 1 heterocycles. The van der Waals surface area contributed by atoms with Gasteiger partial charge in [-0.2, -0.15) is 0 Å². The van der Waals surface area contributed by atoms with Crippen molar-refractivity contribution in [2.24, 2.45) is 0 Å². The van der Waals surface area contributed by atoms with Gasteiger partial charge in [0.1, 0.15) is 0 Å². The first kappa shape index (κ1) is 10.8. The van der Waals surface area contributed by atoms with E-state index in [0.29, 0.717) is 6.42 Å². The number of Topliss-reactive ketones (excluding diaryl/α,β-unsaturated/α-hetero) is 1. The molecule has 0 saturated carbocycles. The van der Waals surface area contributed by atoms with Crippen molar-refractivity contribution in [3.63, 3.8) is 0 Å². The van der Waals surface area contributed by atoms with Gasteiger partial charge in [0.05, 0.1) is 0 Å². The van der Waals surface area contributed by atoms with Crippen LogP contribution in [-0.2, 0) is 6.54 Å². The highest BCUT2D eigenvalue weighted by molar-refractivity contribution is 5.95. The van der Waals surface area contributed by atoms with Crippen molar-refractivity contribution in [3.05, 3.63) is 36.2 Å². The molecule has 0 atom stereocenters. The maximum absolute atomic E-state index is 11.5. The fraction of sp³-hybridized carbons (Fsp3) is 0.417. The highest BCUT2D eigenvalue weighted by Gasteiger charge is 2.05. The number of rotatable bonds is 5. The highest BCUT2D eigenvalue weighted by atomic mass is 16.1. The summed E-state index contributed by atoms with van der Waals surface area (Å²) in [7, 11) is 0. The Hall–Kier alpha value is -1.31. The third-order valence-electron chi connectivity index (χ3n) is 2.10. The van der Waals surface area contributed by atoms with Crippen LogP contribution in [0.4, 0.5) is 0 Å². The molecule has 0 saturated heterocycles. The molecule has 76 valence electrons. The molecule has 1 aromatic rings. The lowest BCUT2D eigenvalue weighted by Crippen LogP contribution is -1.96. The minimum atomic E-state index is 0.242. The predicted octanol–water partition coefficient (Wildman–Crippen LogP) is 3.05. The Kier molecular flexibility index (Phi) is 4.17. The van der Waals surface area contributed by atoms with E-state index in [1.54, 1.807) is 0 Å². The predicted molar refractivity (Wildman–Crippen MR) is 58.5 cm³/mol. The first-order valence-electron chi connectivity index (χ1n) is 5.08. The third kappa shape index (κ3) is 2.87. The van der Waals surface area contributed by atoms with Gasteiger partial charge in [-0.25, -0.2) is 0 Å². The average molecular weight is 191 g/mol. The van der Waals surface area contributed by atoms with Gasteiger partial charge in [-0.3, -0.25) is 4.79 Å². The minimum absolute atomic E-state index is 0.242. The lowest BCUT2D eigenvalue weighted by atomic mass is 10.1. The molecule has 1 rings (SSSR count). The second-order valence-corrected chi connectivity index (χ2v) is 3.34. The zero-order chi connectivity index (χ0) is 10.4. The first-order chi connectivity index (χ1) is 6.77. The fourth-order valence-corrected chi connectivity index (χ4v) is 1.32. The summed E-state index contributed by atoms with van der Waals surface area (Å²) >= 11 is 0. The summed E-state index contributed by atoms with van der Waals surface area (Å²) < 4.78 is 2.02. The molecule has 2 heteroatoms. The van der Waals surface area contributed by atoms with Gasteiger partial charge in [0.2, 0.25) is 0 Å². The van der Waals surface area contributed by atoms with Crippen LogP contribution in [0.3, 0.4) is 0 Å². The molecule has 0 spiro atoms. The standard InChI is InChI=1S/C12H17NO/c1-3-5-8-13-9-7-11(10-13)12(14)6-4-2/h3,5,7,9-10H,4,6,8H2,1-2H3. The van der Waals surface area contributed by atoms with Crippen LogP contribution in [0, 0.1) is 0 Å². The summed E-state index contributed by atoms with van der Waals surface area (Å²) in [6.45, 7) is 4.86. The molecule has 0 aliphatic rings. The summed E-state index contributed by atoms with van der Waals surface area (Å²) in [6, 6.07) is 1.89. The van der Waals surface area contributed by atoms with Crippen molar-refractivity contribution in [1.82, 2.24) is 4.57 Å². The van der Waals surface area contributed by atoms with Crippen molar-refractivity contribution < 1.29 is 4.79 Å². The van der Waals surface area contributed by atoms with E-state index in [1.165, 1.54) is 0 Å². The summed E-state index contributed by atoms with van der Waals surface area (Å²) in [5, 5.41) is 0. The van der Waals surface area contributed by atoms with Crippen LogP contribution in [0.15, 0.2) is 30.6 Å². The zero-order valence-corrected chi connectivity index (χ0v) is 8.86. The van der Waals surface area contributed by atoms with Gasteiger partial charge in [0.25, 0.3) is 0 Å². The van der Waals surface area contributed by atoms with Gasteiger partial charge in [-0.1, -0.05) is 19.1 Å². The quantitative estimate of drug-likeness (QED) is 0.518. The topological polar surface area (TPSA) is 22.0 Å². The van der Waals surface area contributed by atoms with E-state index in [9.17, 15) is 4.79 Å². The molecule has 0 radical (unpaired) electrons. The third-order valence-corrected chi connectivity index (χ3v) is 2.10. The molecule has 0 N–H and O–H groups in total. The normalized spacial score (nSPS) is 11.0. The largest absolute Gasteiger partial charge is 0.350 e. The van der Waals surface area contributed by atoms with E-state index < -0.39 is 0 Å². The average Bonchev–Trinajstić information content (AvgIpc) is 2.63. The second kappa shape index (κ2) is 5.43. The summed E-state index contributed by atoms with van der Waals surface area (Å²) in [5.74, 6) is 0.242. The second-order valence-electron chi connectivity index (χ2n) is 3.34. The zero-order valence-electron chi connectivity index (χ0n) is 8.86. The van der Waals surface area contributed by atoms with E-state index >= 15 is 0 Å². The molecule has 0 aliphatic carbocycles. The Labute approximate surface area is 85.2 Å². The van der Waals surface area contributed by atoms with Crippen LogP contribution in [0.2, 0.25) is 0 Å². The number of hydrogen-bond acceptors (Lipinski definition) is 1. The SMILES string of the molecule is CC=CCn1ccc(C(=O)CCC)c1. The van der Waals surface area contributed by atoms with E-state index in [0.717, 1.165) is 18.5 Å². The van der Waals surface area contributed by atoms with Crippen LogP contribution < -0.4 is 0 Å². The van der Waals surface area contributed by atoms with Crippen LogP contribution in [0.5, 0.6) is 0 Å². The number of carbonyl (C=O) groups is 1. The van der Waals surface area contributed by atoms with E-state index in [-0.39, 0.29) is 5.78 Å². The number of carbonyl (C=O) groups excluding carboxylic acids is 1. The Morgan fingerprint density at radius 3 is 3.00 bits per heavy atom. The van der Waals surface area contributed by atoms with Crippen LogP contribution in [-0.4, -0.2) is 10.4 Å². The molecule has 0 aromatic carbocycles.